The summed E-state index contributed by atoms with van der Waals surface area (Å²) in [5, 5.41) is 6.17. The number of hydrogen-bond acceptors (Lipinski definition) is 5. The van der Waals surface area contributed by atoms with Crippen LogP contribution in [0.25, 0.3) is 0 Å². The first-order valence-electron chi connectivity index (χ1n) is 7.45. The highest BCUT2D eigenvalue weighted by Crippen LogP contribution is 2.35. The second-order valence-corrected chi connectivity index (χ2v) is 5.49. The van der Waals surface area contributed by atoms with Crippen molar-refractivity contribution in [2.45, 2.75) is 26.5 Å². The third-order valence-electron chi connectivity index (χ3n) is 3.49. The summed E-state index contributed by atoms with van der Waals surface area (Å²) in [6.45, 7) is 0.715. The van der Waals surface area contributed by atoms with E-state index in [9.17, 15) is 13.6 Å². The van der Waals surface area contributed by atoms with Crippen LogP contribution in [0.1, 0.15) is 25.5 Å². The monoisotopic (exact) mass is 372 g/mol. The molecule has 0 fully saturated rings. The first kappa shape index (κ1) is 18.9. The minimum absolute atomic E-state index is 0.0857. The molecule has 1 aliphatic rings. The molecule has 0 unspecified atom stereocenters. The zero-order valence-corrected chi connectivity index (χ0v) is 14.7. The van der Waals surface area contributed by atoms with E-state index in [1.807, 2.05) is 0 Å². The van der Waals surface area contributed by atoms with Crippen molar-refractivity contribution in [3.05, 3.63) is 35.0 Å². The van der Waals surface area contributed by atoms with E-state index in [0.29, 0.717) is 21.9 Å². The summed E-state index contributed by atoms with van der Waals surface area (Å²) in [5.74, 6) is -0.471. The molecule has 1 aromatic carbocycles. The lowest BCUT2D eigenvalue weighted by Gasteiger charge is -2.30. The third kappa shape index (κ3) is 4.36. The van der Waals surface area contributed by atoms with Gasteiger partial charge in [-0.15, -0.1) is 0 Å². The van der Waals surface area contributed by atoms with Crippen LogP contribution in [0, 0.1) is 0 Å². The van der Waals surface area contributed by atoms with Crippen molar-refractivity contribution in [2.24, 2.45) is 0 Å². The lowest BCUT2D eigenvalue weighted by Crippen LogP contribution is -2.45. The zero-order chi connectivity index (χ0) is 18.6. The van der Waals surface area contributed by atoms with Crippen LogP contribution in [0.3, 0.4) is 0 Å². The van der Waals surface area contributed by atoms with Crippen LogP contribution in [0.15, 0.2) is 29.5 Å². The number of ether oxygens (including phenoxy) is 3. The minimum atomic E-state index is -2.97. The molecule has 9 heteroatoms. The van der Waals surface area contributed by atoms with Crippen LogP contribution < -0.4 is 20.1 Å². The molecule has 0 spiro atoms. The van der Waals surface area contributed by atoms with Crippen molar-refractivity contribution < 1.29 is 27.8 Å². The molecule has 1 heterocycles. The first-order valence-corrected chi connectivity index (χ1v) is 7.86. The number of rotatable bonds is 6. The number of nitrogens with one attached hydrogen (secondary N) is 2. The maximum atomic E-state index is 12.5. The van der Waals surface area contributed by atoms with E-state index in [1.54, 1.807) is 19.9 Å². The van der Waals surface area contributed by atoms with Gasteiger partial charge in [-0.05, 0) is 43.8 Å². The summed E-state index contributed by atoms with van der Waals surface area (Å²) >= 11 is 5.14. The highest BCUT2D eigenvalue weighted by molar-refractivity contribution is 7.80. The highest BCUT2D eigenvalue weighted by atomic mass is 32.1. The number of alkyl halides is 2. The summed E-state index contributed by atoms with van der Waals surface area (Å²) in [4.78, 5) is 12.1. The van der Waals surface area contributed by atoms with Crippen molar-refractivity contribution in [2.75, 3.05) is 13.7 Å². The maximum absolute atomic E-state index is 12.5. The molecule has 0 saturated carbocycles. The Hall–Kier alpha value is -2.42. The van der Waals surface area contributed by atoms with E-state index in [0.717, 1.165) is 0 Å². The number of benzene rings is 1. The molecule has 2 rings (SSSR count). The van der Waals surface area contributed by atoms with Gasteiger partial charge in [0.2, 0.25) is 0 Å². The van der Waals surface area contributed by atoms with Gasteiger partial charge in [-0.1, -0.05) is 6.07 Å². The van der Waals surface area contributed by atoms with Crippen molar-refractivity contribution in [3.8, 4) is 11.5 Å². The molecular weight excluding hydrogens is 354 g/mol. The van der Waals surface area contributed by atoms with Crippen LogP contribution >= 0.6 is 12.2 Å². The quantitative estimate of drug-likeness (QED) is 0.588. The van der Waals surface area contributed by atoms with Gasteiger partial charge in [-0.25, -0.2) is 4.79 Å². The molecule has 25 heavy (non-hydrogen) atoms. The number of methoxy groups -OCH3 is 1. The van der Waals surface area contributed by atoms with Gasteiger partial charge in [0, 0.05) is 5.70 Å². The number of carbonyl (C=O) groups excluding carboxylic acids is 1. The van der Waals surface area contributed by atoms with E-state index in [1.165, 1.54) is 19.2 Å². The smallest absolute Gasteiger partial charge is 0.387 e. The van der Waals surface area contributed by atoms with Gasteiger partial charge in [-0.3, -0.25) is 0 Å². The Kier molecular flexibility index (Phi) is 6.13. The first-order chi connectivity index (χ1) is 11.9. The number of halogens is 2. The molecule has 1 atom stereocenters. The molecule has 2 N–H and O–H groups in total. The minimum Gasteiger partial charge on any atom is -0.490 e. The summed E-state index contributed by atoms with van der Waals surface area (Å²) in [5.41, 5.74) is 1.47. The molecule has 6 nitrogen and oxygen atoms in total. The molecule has 0 bridgehead atoms. The summed E-state index contributed by atoms with van der Waals surface area (Å²) in [6.07, 6.45) is 0. The Morgan fingerprint density at radius 2 is 2.08 bits per heavy atom. The fraction of sp³-hybridized carbons (Fsp3) is 0.375. The SMILES string of the molecule is CCOc1cc([C@H]2NC(=S)NC(C)=C2C(=O)OC)ccc1OC(F)F. The Morgan fingerprint density at radius 1 is 1.36 bits per heavy atom. The molecule has 0 saturated heterocycles. The van der Waals surface area contributed by atoms with Gasteiger partial charge in [0.15, 0.2) is 16.6 Å². The van der Waals surface area contributed by atoms with Gasteiger partial charge in [0.25, 0.3) is 0 Å². The lowest BCUT2D eigenvalue weighted by atomic mass is 9.95. The normalized spacial score (nSPS) is 17.0. The predicted molar refractivity (Wildman–Crippen MR) is 90.6 cm³/mol. The molecule has 1 aromatic rings. The maximum Gasteiger partial charge on any atom is 0.387 e. The number of carbonyl (C=O) groups is 1. The molecule has 0 amide bonds. The molecule has 0 aliphatic carbocycles. The largest absolute Gasteiger partial charge is 0.490 e. The average Bonchev–Trinajstić information content (AvgIpc) is 2.55. The van der Waals surface area contributed by atoms with Crippen LogP contribution in [-0.4, -0.2) is 31.4 Å². The number of hydrogen-bond donors (Lipinski definition) is 2. The van der Waals surface area contributed by atoms with Gasteiger partial charge in [0.05, 0.1) is 25.3 Å². The van der Waals surface area contributed by atoms with E-state index in [4.69, 9.17) is 21.7 Å². The second kappa shape index (κ2) is 8.11. The molecule has 0 radical (unpaired) electrons. The molecule has 0 aromatic heterocycles. The average molecular weight is 372 g/mol. The van der Waals surface area contributed by atoms with Crippen LogP contribution in [0.5, 0.6) is 11.5 Å². The van der Waals surface area contributed by atoms with Gasteiger partial charge in [0.1, 0.15) is 0 Å². The Balaban J connectivity index is 2.47. The third-order valence-corrected chi connectivity index (χ3v) is 3.71. The Morgan fingerprint density at radius 3 is 2.68 bits per heavy atom. The van der Waals surface area contributed by atoms with Gasteiger partial charge in [-0.2, -0.15) is 8.78 Å². The number of allylic oxidation sites excluding steroid dienone is 1. The standard InChI is InChI=1S/C16H18F2N2O4S/c1-4-23-11-7-9(5-6-10(11)24-15(17)18)13-12(14(21)22-3)8(2)19-16(25)20-13/h5-7,13,15H,4H2,1-3H3,(H2,19,20,25)/t13-/m1/s1. The van der Waals surface area contributed by atoms with Crippen molar-refractivity contribution in [1.82, 2.24) is 10.6 Å². The van der Waals surface area contributed by atoms with Crippen molar-refractivity contribution in [1.29, 1.82) is 0 Å². The second-order valence-electron chi connectivity index (χ2n) is 5.08. The lowest BCUT2D eigenvalue weighted by molar-refractivity contribution is -0.136. The number of esters is 1. The molecular formula is C16H18F2N2O4S. The summed E-state index contributed by atoms with van der Waals surface area (Å²) < 4.78 is 39.7. The fourth-order valence-electron chi connectivity index (χ4n) is 2.49. The Bertz CT molecular complexity index is 709. The van der Waals surface area contributed by atoms with Crippen LogP contribution in [0.4, 0.5) is 8.78 Å². The van der Waals surface area contributed by atoms with Crippen molar-refractivity contribution in [3.63, 3.8) is 0 Å². The number of thiocarbonyl (C=S) groups is 1. The predicted octanol–water partition coefficient (Wildman–Crippen LogP) is 2.65. The van der Waals surface area contributed by atoms with Gasteiger partial charge >= 0.3 is 12.6 Å². The van der Waals surface area contributed by atoms with E-state index >= 15 is 0 Å². The van der Waals surface area contributed by atoms with Crippen molar-refractivity contribution >= 4 is 23.3 Å². The topological polar surface area (TPSA) is 68.8 Å². The molecule has 136 valence electrons. The fourth-order valence-corrected chi connectivity index (χ4v) is 2.76. The summed E-state index contributed by atoms with van der Waals surface area (Å²) in [7, 11) is 1.28. The Labute approximate surface area is 149 Å². The highest BCUT2D eigenvalue weighted by Gasteiger charge is 2.31. The van der Waals surface area contributed by atoms with Crippen LogP contribution in [0.2, 0.25) is 0 Å². The van der Waals surface area contributed by atoms with E-state index in [-0.39, 0.29) is 18.1 Å². The van der Waals surface area contributed by atoms with E-state index < -0.39 is 18.6 Å². The molecule has 1 aliphatic heterocycles. The van der Waals surface area contributed by atoms with Gasteiger partial charge < -0.3 is 24.8 Å². The van der Waals surface area contributed by atoms with E-state index in [2.05, 4.69) is 15.4 Å². The van der Waals surface area contributed by atoms with Crippen LogP contribution in [-0.2, 0) is 9.53 Å². The summed E-state index contributed by atoms with van der Waals surface area (Å²) in [6, 6.07) is 3.84. The zero-order valence-electron chi connectivity index (χ0n) is 13.9.